The summed E-state index contributed by atoms with van der Waals surface area (Å²) in [5.41, 5.74) is 1.22. The fourth-order valence-corrected chi connectivity index (χ4v) is 4.92. The molecule has 1 aromatic carbocycles. The van der Waals surface area contributed by atoms with Crippen molar-refractivity contribution in [3.05, 3.63) is 24.3 Å². The van der Waals surface area contributed by atoms with E-state index in [2.05, 4.69) is 15.1 Å². The molecule has 0 bridgehead atoms. The predicted octanol–water partition coefficient (Wildman–Crippen LogP) is 2.23. The molecule has 0 aliphatic carbocycles. The Balaban J connectivity index is 1.37. The van der Waals surface area contributed by atoms with Gasteiger partial charge in [-0.2, -0.15) is 0 Å². The fourth-order valence-electron chi connectivity index (χ4n) is 4.92. The van der Waals surface area contributed by atoms with Crippen molar-refractivity contribution in [3.63, 3.8) is 0 Å². The number of likely N-dealkylation sites (tertiary alicyclic amines) is 2. The van der Waals surface area contributed by atoms with Gasteiger partial charge in [0, 0.05) is 31.7 Å². The molecule has 3 amide bonds. The van der Waals surface area contributed by atoms with Gasteiger partial charge in [0.1, 0.15) is 0 Å². The first-order valence-corrected chi connectivity index (χ1v) is 10.8. The molecule has 7 nitrogen and oxygen atoms in total. The number of hydrogen-bond donors (Lipinski definition) is 1. The fraction of sp³-hybridized carbons (Fsp3) is 0.591. The molecule has 1 N–H and O–H groups in total. The van der Waals surface area contributed by atoms with Crippen LogP contribution >= 0.6 is 0 Å². The molecule has 0 aromatic heterocycles. The largest absolute Gasteiger partial charge is 0.326 e. The van der Waals surface area contributed by atoms with Gasteiger partial charge in [0.25, 0.3) is 5.91 Å². The van der Waals surface area contributed by atoms with Gasteiger partial charge in [0.05, 0.1) is 18.2 Å². The van der Waals surface area contributed by atoms with Crippen molar-refractivity contribution in [1.82, 2.24) is 9.80 Å². The maximum absolute atomic E-state index is 13.0. The molecule has 1 atom stereocenters. The summed E-state index contributed by atoms with van der Waals surface area (Å²) in [7, 11) is 0. The van der Waals surface area contributed by atoms with Crippen LogP contribution in [0.2, 0.25) is 0 Å². The van der Waals surface area contributed by atoms with E-state index in [0.717, 1.165) is 25.9 Å². The summed E-state index contributed by atoms with van der Waals surface area (Å²) in [6.45, 7) is 5.60. The molecule has 7 heteroatoms. The molecule has 156 valence electrons. The van der Waals surface area contributed by atoms with Crippen LogP contribution in [0.5, 0.6) is 0 Å². The molecule has 3 aliphatic rings. The van der Waals surface area contributed by atoms with E-state index in [9.17, 15) is 14.4 Å². The summed E-state index contributed by atoms with van der Waals surface area (Å²) in [4.78, 5) is 42.9. The monoisotopic (exact) mass is 398 g/mol. The third kappa shape index (κ3) is 4.36. The number of anilines is 2. The lowest BCUT2D eigenvalue weighted by atomic mass is 9.98. The van der Waals surface area contributed by atoms with E-state index in [4.69, 9.17) is 0 Å². The molecule has 1 aromatic rings. The molecule has 29 heavy (non-hydrogen) atoms. The van der Waals surface area contributed by atoms with Crippen LogP contribution in [-0.2, 0) is 14.4 Å². The summed E-state index contributed by atoms with van der Waals surface area (Å²) in [6, 6.07) is 7.14. The van der Waals surface area contributed by atoms with Crippen molar-refractivity contribution in [1.29, 1.82) is 0 Å². The normalized spacial score (nSPS) is 24.9. The minimum atomic E-state index is -0.347. The Labute approximate surface area is 172 Å². The Morgan fingerprint density at radius 2 is 1.59 bits per heavy atom. The standard InChI is InChI=1S/C22H30N4O3/c1-16(27)23-17-5-7-19(8-6-17)26-21(28)15-20(22(26)29)25-13-9-18(10-14-25)24-11-3-2-4-12-24/h5-8,18,20H,2-4,9-15H2,1H3,(H,23,27)/t20-/m0/s1. The average molecular weight is 399 g/mol. The predicted molar refractivity (Wildman–Crippen MR) is 112 cm³/mol. The SMILES string of the molecule is CC(=O)Nc1ccc(N2C(=O)C[C@H](N3CCC(N4CCCCC4)CC3)C2=O)cc1. The lowest BCUT2D eigenvalue weighted by Crippen LogP contribution is -2.51. The van der Waals surface area contributed by atoms with Gasteiger partial charge in [0.15, 0.2) is 0 Å². The quantitative estimate of drug-likeness (QED) is 0.788. The molecule has 0 saturated carbocycles. The molecule has 0 radical (unpaired) electrons. The number of rotatable bonds is 4. The number of imide groups is 1. The third-order valence-electron chi connectivity index (χ3n) is 6.42. The van der Waals surface area contributed by atoms with Crippen LogP contribution in [0.15, 0.2) is 24.3 Å². The van der Waals surface area contributed by atoms with Crippen LogP contribution in [0.1, 0.15) is 45.4 Å². The zero-order chi connectivity index (χ0) is 20.4. The Kier molecular flexibility index (Phi) is 5.96. The molecule has 3 aliphatic heterocycles. The maximum atomic E-state index is 13.0. The summed E-state index contributed by atoms with van der Waals surface area (Å²) in [5, 5.41) is 2.70. The summed E-state index contributed by atoms with van der Waals surface area (Å²) in [6.07, 6.45) is 6.33. The first-order chi connectivity index (χ1) is 14.0. The summed E-state index contributed by atoms with van der Waals surface area (Å²) in [5.74, 6) is -0.428. The van der Waals surface area contributed by atoms with Crippen LogP contribution in [0.25, 0.3) is 0 Å². The lowest BCUT2D eigenvalue weighted by molar-refractivity contribution is -0.123. The van der Waals surface area contributed by atoms with E-state index < -0.39 is 0 Å². The number of hydrogen-bond acceptors (Lipinski definition) is 5. The first-order valence-electron chi connectivity index (χ1n) is 10.8. The molecule has 4 rings (SSSR count). The van der Waals surface area contributed by atoms with Gasteiger partial charge in [0.2, 0.25) is 11.8 Å². The van der Waals surface area contributed by atoms with Gasteiger partial charge in [-0.3, -0.25) is 19.3 Å². The minimum Gasteiger partial charge on any atom is -0.326 e. The van der Waals surface area contributed by atoms with Gasteiger partial charge >= 0.3 is 0 Å². The molecule has 0 unspecified atom stereocenters. The second-order valence-corrected chi connectivity index (χ2v) is 8.38. The van der Waals surface area contributed by atoms with Gasteiger partial charge in [-0.25, -0.2) is 4.90 Å². The maximum Gasteiger partial charge on any atom is 0.251 e. The zero-order valence-corrected chi connectivity index (χ0v) is 17.1. The Bertz CT molecular complexity index is 765. The summed E-state index contributed by atoms with van der Waals surface area (Å²) < 4.78 is 0. The van der Waals surface area contributed by atoms with Gasteiger partial charge in [-0.15, -0.1) is 0 Å². The second kappa shape index (κ2) is 8.63. The molecular formula is C22H30N4O3. The van der Waals surface area contributed by atoms with Crippen LogP contribution in [-0.4, -0.2) is 65.8 Å². The van der Waals surface area contributed by atoms with E-state index in [0.29, 0.717) is 17.4 Å². The van der Waals surface area contributed by atoms with Crippen molar-refractivity contribution in [2.75, 3.05) is 36.4 Å². The van der Waals surface area contributed by atoms with Crippen LogP contribution < -0.4 is 10.2 Å². The Morgan fingerprint density at radius 1 is 0.931 bits per heavy atom. The van der Waals surface area contributed by atoms with Gasteiger partial charge < -0.3 is 10.2 Å². The number of amides is 3. The van der Waals surface area contributed by atoms with E-state index in [1.54, 1.807) is 24.3 Å². The van der Waals surface area contributed by atoms with Crippen LogP contribution in [0, 0.1) is 0 Å². The highest BCUT2D eigenvalue weighted by molar-refractivity contribution is 6.22. The zero-order valence-electron chi connectivity index (χ0n) is 17.1. The first kappa shape index (κ1) is 20.0. The lowest BCUT2D eigenvalue weighted by Gasteiger charge is -2.41. The van der Waals surface area contributed by atoms with E-state index >= 15 is 0 Å². The van der Waals surface area contributed by atoms with Crippen molar-refractivity contribution < 1.29 is 14.4 Å². The van der Waals surface area contributed by atoms with E-state index in [-0.39, 0.29) is 30.2 Å². The van der Waals surface area contributed by atoms with Gasteiger partial charge in [-0.05, 0) is 63.0 Å². The van der Waals surface area contributed by atoms with E-state index in [1.165, 1.54) is 44.2 Å². The van der Waals surface area contributed by atoms with Crippen molar-refractivity contribution in [3.8, 4) is 0 Å². The molecule has 3 saturated heterocycles. The number of carbonyl (C=O) groups is 3. The van der Waals surface area contributed by atoms with Crippen LogP contribution in [0.4, 0.5) is 11.4 Å². The Morgan fingerprint density at radius 3 is 2.21 bits per heavy atom. The highest BCUT2D eigenvalue weighted by atomic mass is 16.2. The molecule has 3 heterocycles. The second-order valence-electron chi connectivity index (χ2n) is 8.38. The number of nitrogens with one attached hydrogen (secondary N) is 1. The van der Waals surface area contributed by atoms with Crippen molar-refractivity contribution >= 4 is 29.1 Å². The minimum absolute atomic E-state index is 0.126. The molecular weight excluding hydrogens is 368 g/mol. The molecule has 0 spiro atoms. The average Bonchev–Trinajstić information content (AvgIpc) is 3.03. The highest BCUT2D eigenvalue weighted by Crippen LogP contribution is 2.29. The third-order valence-corrected chi connectivity index (χ3v) is 6.42. The van der Waals surface area contributed by atoms with Crippen molar-refractivity contribution in [2.24, 2.45) is 0 Å². The van der Waals surface area contributed by atoms with Gasteiger partial charge in [-0.1, -0.05) is 6.42 Å². The number of nitrogens with zero attached hydrogens (tertiary/aromatic N) is 3. The number of benzene rings is 1. The number of piperidine rings is 2. The Hall–Kier alpha value is -2.25. The van der Waals surface area contributed by atoms with E-state index in [1.807, 2.05) is 0 Å². The van der Waals surface area contributed by atoms with Crippen molar-refractivity contribution in [2.45, 2.75) is 57.5 Å². The number of carbonyl (C=O) groups excluding carboxylic acids is 3. The van der Waals surface area contributed by atoms with Crippen LogP contribution in [0.3, 0.4) is 0 Å². The topological polar surface area (TPSA) is 73.0 Å². The summed E-state index contributed by atoms with van der Waals surface area (Å²) >= 11 is 0. The highest BCUT2D eigenvalue weighted by Gasteiger charge is 2.43. The molecule has 3 fully saturated rings. The smallest absolute Gasteiger partial charge is 0.251 e.